The van der Waals surface area contributed by atoms with E-state index in [4.69, 9.17) is 5.73 Å². The molecule has 16 heavy (non-hydrogen) atoms. The van der Waals surface area contributed by atoms with Crippen LogP contribution in [-0.2, 0) is 7.05 Å². The van der Waals surface area contributed by atoms with Gasteiger partial charge in [-0.3, -0.25) is 4.68 Å². The van der Waals surface area contributed by atoms with E-state index < -0.39 is 0 Å². The molecule has 2 aliphatic rings. The van der Waals surface area contributed by atoms with Crippen molar-refractivity contribution in [1.29, 1.82) is 0 Å². The second-order valence-electron chi connectivity index (χ2n) is 5.69. The van der Waals surface area contributed by atoms with Crippen molar-refractivity contribution in [3.8, 4) is 0 Å². The molecule has 1 aromatic rings. The van der Waals surface area contributed by atoms with Crippen LogP contribution in [0.15, 0.2) is 12.3 Å². The molecule has 0 saturated heterocycles. The van der Waals surface area contributed by atoms with Crippen molar-refractivity contribution in [2.45, 2.75) is 38.1 Å². The molecule has 0 amide bonds. The summed E-state index contributed by atoms with van der Waals surface area (Å²) < 4.78 is 1.84. The molecule has 2 saturated carbocycles. The Bertz CT molecular complexity index is 371. The van der Waals surface area contributed by atoms with Gasteiger partial charge in [-0.25, -0.2) is 0 Å². The highest BCUT2D eigenvalue weighted by Crippen LogP contribution is 2.50. The average molecular weight is 219 g/mol. The summed E-state index contributed by atoms with van der Waals surface area (Å²) in [6, 6.07) is 2.20. The summed E-state index contributed by atoms with van der Waals surface area (Å²) in [5.41, 5.74) is 7.30. The van der Waals surface area contributed by atoms with Gasteiger partial charge in [-0.05, 0) is 49.5 Å². The lowest BCUT2D eigenvalue weighted by molar-refractivity contribution is 0.294. The molecule has 2 bridgehead atoms. The first-order valence-electron chi connectivity index (χ1n) is 6.47. The Hall–Kier alpha value is -0.830. The Morgan fingerprint density at radius 1 is 1.50 bits per heavy atom. The number of hydrogen-bond donors (Lipinski definition) is 1. The van der Waals surface area contributed by atoms with Crippen LogP contribution >= 0.6 is 0 Å². The van der Waals surface area contributed by atoms with Crippen LogP contribution in [0.3, 0.4) is 0 Å². The Labute approximate surface area is 97.0 Å². The number of fused-ring (bicyclic) bond motifs is 2. The Balaban J connectivity index is 1.62. The Kier molecular flexibility index (Phi) is 2.51. The van der Waals surface area contributed by atoms with Gasteiger partial charge < -0.3 is 5.73 Å². The summed E-state index contributed by atoms with van der Waals surface area (Å²) in [4.78, 5) is 0. The van der Waals surface area contributed by atoms with Crippen LogP contribution in [-0.4, -0.2) is 9.78 Å². The van der Waals surface area contributed by atoms with E-state index in [1.54, 1.807) is 0 Å². The minimum absolute atomic E-state index is 0.144. The number of nitrogens with two attached hydrogens (primary N) is 1. The van der Waals surface area contributed by atoms with Crippen molar-refractivity contribution in [3.05, 3.63) is 18.0 Å². The lowest BCUT2D eigenvalue weighted by Gasteiger charge is -2.23. The third-order valence-electron chi connectivity index (χ3n) is 4.56. The first-order valence-corrected chi connectivity index (χ1v) is 6.47. The van der Waals surface area contributed by atoms with Gasteiger partial charge in [0.05, 0.1) is 5.69 Å². The van der Waals surface area contributed by atoms with Gasteiger partial charge in [0.15, 0.2) is 0 Å². The van der Waals surface area contributed by atoms with Gasteiger partial charge >= 0.3 is 0 Å². The van der Waals surface area contributed by atoms with Gasteiger partial charge in [0, 0.05) is 19.3 Å². The number of rotatable bonds is 3. The molecule has 0 aromatic carbocycles. The maximum Gasteiger partial charge on any atom is 0.0791 e. The van der Waals surface area contributed by atoms with E-state index in [1.165, 1.54) is 25.7 Å². The molecule has 3 rings (SSSR count). The zero-order valence-electron chi connectivity index (χ0n) is 9.97. The van der Waals surface area contributed by atoms with E-state index in [1.807, 2.05) is 17.9 Å². The first-order chi connectivity index (χ1) is 7.72. The van der Waals surface area contributed by atoms with E-state index in [2.05, 4.69) is 11.2 Å². The smallest absolute Gasteiger partial charge is 0.0791 e. The molecule has 88 valence electrons. The molecule has 3 heteroatoms. The zero-order valence-corrected chi connectivity index (χ0v) is 9.97. The van der Waals surface area contributed by atoms with Gasteiger partial charge in [-0.1, -0.05) is 6.42 Å². The lowest BCUT2D eigenvalue weighted by atomic mass is 9.84. The monoisotopic (exact) mass is 219 g/mol. The number of aryl methyl sites for hydroxylation is 1. The molecule has 2 aliphatic carbocycles. The zero-order chi connectivity index (χ0) is 11.1. The molecule has 4 unspecified atom stereocenters. The van der Waals surface area contributed by atoms with Crippen molar-refractivity contribution in [2.75, 3.05) is 0 Å². The highest BCUT2D eigenvalue weighted by molar-refractivity contribution is 5.05. The predicted molar refractivity (Wildman–Crippen MR) is 63.7 cm³/mol. The lowest BCUT2D eigenvalue weighted by Crippen LogP contribution is -2.20. The van der Waals surface area contributed by atoms with Crippen LogP contribution in [0.2, 0.25) is 0 Å². The molecule has 2 fully saturated rings. The van der Waals surface area contributed by atoms with Gasteiger partial charge in [0.25, 0.3) is 0 Å². The van der Waals surface area contributed by atoms with Crippen LogP contribution in [0.1, 0.15) is 43.8 Å². The fraction of sp³-hybridized carbons (Fsp3) is 0.769. The van der Waals surface area contributed by atoms with Gasteiger partial charge in [-0.15, -0.1) is 0 Å². The van der Waals surface area contributed by atoms with Crippen molar-refractivity contribution in [2.24, 2.45) is 30.5 Å². The topological polar surface area (TPSA) is 43.8 Å². The maximum atomic E-state index is 6.24. The van der Waals surface area contributed by atoms with Gasteiger partial charge in [0.2, 0.25) is 0 Å². The fourth-order valence-corrected chi connectivity index (χ4v) is 3.74. The summed E-state index contributed by atoms with van der Waals surface area (Å²) in [5, 5.41) is 4.41. The Morgan fingerprint density at radius 3 is 2.94 bits per heavy atom. The minimum Gasteiger partial charge on any atom is -0.323 e. The number of nitrogens with zero attached hydrogens (tertiary/aromatic N) is 2. The third kappa shape index (κ3) is 1.77. The third-order valence-corrected chi connectivity index (χ3v) is 4.56. The van der Waals surface area contributed by atoms with Crippen LogP contribution in [0.4, 0.5) is 0 Å². The van der Waals surface area contributed by atoms with Gasteiger partial charge in [0.1, 0.15) is 0 Å². The summed E-state index contributed by atoms with van der Waals surface area (Å²) in [6.07, 6.45) is 8.93. The summed E-state index contributed by atoms with van der Waals surface area (Å²) >= 11 is 0. The quantitative estimate of drug-likeness (QED) is 0.847. The molecule has 1 aromatic heterocycles. The SMILES string of the molecule is Cn1ccc(C(N)CC2CC3CCC2C3)n1. The van der Waals surface area contributed by atoms with Gasteiger partial charge in [-0.2, -0.15) is 5.10 Å². The second-order valence-corrected chi connectivity index (χ2v) is 5.69. The van der Waals surface area contributed by atoms with E-state index >= 15 is 0 Å². The van der Waals surface area contributed by atoms with Crippen LogP contribution in [0.5, 0.6) is 0 Å². The highest BCUT2D eigenvalue weighted by Gasteiger charge is 2.39. The number of hydrogen-bond acceptors (Lipinski definition) is 2. The molecule has 4 atom stereocenters. The molecule has 0 aliphatic heterocycles. The standard InChI is InChI=1S/C13H21N3/c1-16-5-4-13(15-16)12(14)8-11-7-9-2-3-10(11)6-9/h4-5,9-12H,2-3,6-8,14H2,1H3. The van der Waals surface area contributed by atoms with E-state index in [-0.39, 0.29) is 6.04 Å². The van der Waals surface area contributed by atoms with Crippen LogP contribution in [0.25, 0.3) is 0 Å². The van der Waals surface area contributed by atoms with Crippen molar-refractivity contribution < 1.29 is 0 Å². The summed E-state index contributed by atoms with van der Waals surface area (Å²) in [6.45, 7) is 0. The number of aromatic nitrogens is 2. The maximum absolute atomic E-state index is 6.24. The van der Waals surface area contributed by atoms with Crippen LogP contribution in [0, 0.1) is 17.8 Å². The molecular formula is C13H21N3. The summed E-state index contributed by atoms with van der Waals surface area (Å²) in [5.74, 6) is 2.86. The molecular weight excluding hydrogens is 198 g/mol. The van der Waals surface area contributed by atoms with Crippen molar-refractivity contribution >= 4 is 0 Å². The average Bonchev–Trinajstić information content (AvgIpc) is 2.92. The molecule has 3 nitrogen and oxygen atoms in total. The normalized spacial score (nSPS) is 34.5. The second kappa shape index (κ2) is 3.88. The molecule has 2 N–H and O–H groups in total. The van der Waals surface area contributed by atoms with Crippen LogP contribution < -0.4 is 5.73 Å². The van der Waals surface area contributed by atoms with E-state index in [9.17, 15) is 0 Å². The van der Waals surface area contributed by atoms with E-state index in [0.29, 0.717) is 0 Å². The molecule has 1 heterocycles. The first kappa shape index (κ1) is 10.3. The molecule has 0 spiro atoms. The van der Waals surface area contributed by atoms with Crippen molar-refractivity contribution in [1.82, 2.24) is 9.78 Å². The Morgan fingerprint density at radius 2 is 2.38 bits per heavy atom. The highest BCUT2D eigenvalue weighted by atomic mass is 15.3. The van der Waals surface area contributed by atoms with Crippen molar-refractivity contribution in [3.63, 3.8) is 0 Å². The van der Waals surface area contributed by atoms with E-state index in [0.717, 1.165) is 29.9 Å². The fourth-order valence-electron chi connectivity index (χ4n) is 3.74. The molecule has 0 radical (unpaired) electrons. The largest absolute Gasteiger partial charge is 0.323 e. The minimum atomic E-state index is 0.144. The summed E-state index contributed by atoms with van der Waals surface area (Å²) in [7, 11) is 1.95. The predicted octanol–water partition coefficient (Wildman–Crippen LogP) is 2.25.